The SMILES string of the molecule is COc1cc2c(c3oc(=O)c4c(c13)CC[C@H]4O)[C@@H]1C=CO[C@H]1O2. The number of methoxy groups -OCH3 is 1. The zero-order valence-electron chi connectivity index (χ0n) is 12.4. The summed E-state index contributed by atoms with van der Waals surface area (Å²) in [6.45, 7) is 0. The summed E-state index contributed by atoms with van der Waals surface area (Å²) >= 11 is 0. The molecule has 0 spiro atoms. The van der Waals surface area contributed by atoms with Crippen molar-refractivity contribution in [2.24, 2.45) is 0 Å². The minimum Gasteiger partial charge on any atom is -0.496 e. The summed E-state index contributed by atoms with van der Waals surface area (Å²) in [6, 6.07) is 1.80. The van der Waals surface area contributed by atoms with Crippen LogP contribution in [-0.4, -0.2) is 18.5 Å². The molecule has 0 radical (unpaired) electrons. The van der Waals surface area contributed by atoms with Gasteiger partial charge in [0.2, 0.25) is 0 Å². The zero-order chi connectivity index (χ0) is 15.7. The summed E-state index contributed by atoms with van der Waals surface area (Å²) in [5, 5.41) is 10.8. The van der Waals surface area contributed by atoms with Crippen LogP contribution < -0.4 is 15.1 Å². The van der Waals surface area contributed by atoms with E-state index in [0.717, 1.165) is 16.5 Å². The van der Waals surface area contributed by atoms with E-state index in [-0.39, 0.29) is 5.92 Å². The van der Waals surface area contributed by atoms with Crippen LogP contribution in [0.4, 0.5) is 0 Å². The molecule has 2 aromatic rings. The van der Waals surface area contributed by atoms with Gasteiger partial charge in [-0.1, -0.05) is 0 Å². The fraction of sp³-hybridized carbons (Fsp3) is 0.353. The Kier molecular flexibility index (Phi) is 2.43. The molecule has 5 rings (SSSR count). The van der Waals surface area contributed by atoms with E-state index in [2.05, 4.69) is 0 Å². The number of aliphatic hydroxyl groups is 1. The highest BCUT2D eigenvalue weighted by molar-refractivity contribution is 5.93. The standard InChI is InChI=1S/C17H14O6/c1-20-10-6-11-14(8-4-5-21-17(8)22-11)15-13(10)7-2-3-9(18)12(7)16(19)23-15/h4-6,8-9,17-18H,2-3H2,1H3/t8-,9+,17-/m0/s1. The van der Waals surface area contributed by atoms with E-state index in [1.165, 1.54) is 0 Å². The van der Waals surface area contributed by atoms with Gasteiger partial charge in [-0.15, -0.1) is 0 Å². The molecule has 0 unspecified atom stereocenters. The van der Waals surface area contributed by atoms with Gasteiger partial charge in [-0.05, 0) is 24.5 Å². The van der Waals surface area contributed by atoms with Gasteiger partial charge in [0.1, 0.15) is 17.1 Å². The maximum atomic E-state index is 12.4. The molecule has 3 atom stereocenters. The van der Waals surface area contributed by atoms with E-state index < -0.39 is 18.0 Å². The van der Waals surface area contributed by atoms with E-state index in [0.29, 0.717) is 35.5 Å². The number of hydrogen-bond acceptors (Lipinski definition) is 6. The molecule has 0 saturated carbocycles. The first kappa shape index (κ1) is 13.0. The Morgan fingerprint density at radius 2 is 2.22 bits per heavy atom. The number of benzene rings is 1. The Morgan fingerprint density at radius 1 is 1.35 bits per heavy atom. The lowest BCUT2D eigenvalue weighted by atomic mass is 9.95. The Bertz CT molecular complexity index is 925. The predicted molar refractivity (Wildman–Crippen MR) is 79.7 cm³/mol. The third kappa shape index (κ3) is 1.53. The molecule has 1 aliphatic carbocycles. The number of aliphatic hydroxyl groups excluding tert-OH is 1. The minimum atomic E-state index is -0.776. The molecule has 1 aromatic carbocycles. The first-order chi connectivity index (χ1) is 11.2. The molecule has 23 heavy (non-hydrogen) atoms. The lowest BCUT2D eigenvalue weighted by Gasteiger charge is -2.13. The number of hydrogen-bond donors (Lipinski definition) is 1. The largest absolute Gasteiger partial charge is 0.496 e. The van der Waals surface area contributed by atoms with Crippen molar-refractivity contribution in [3.8, 4) is 11.5 Å². The third-order valence-corrected chi connectivity index (χ3v) is 4.88. The van der Waals surface area contributed by atoms with Crippen molar-refractivity contribution < 1.29 is 23.7 Å². The molecule has 118 valence electrons. The maximum absolute atomic E-state index is 12.4. The highest BCUT2D eigenvalue weighted by atomic mass is 16.7. The van der Waals surface area contributed by atoms with Crippen molar-refractivity contribution in [1.29, 1.82) is 0 Å². The van der Waals surface area contributed by atoms with E-state index in [1.54, 1.807) is 19.4 Å². The summed E-state index contributed by atoms with van der Waals surface area (Å²) in [7, 11) is 1.57. The van der Waals surface area contributed by atoms with Gasteiger partial charge in [-0.3, -0.25) is 0 Å². The fourth-order valence-corrected chi connectivity index (χ4v) is 3.86. The van der Waals surface area contributed by atoms with Crippen LogP contribution in [0.2, 0.25) is 0 Å². The molecule has 0 bridgehead atoms. The molecule has 2 aliphatic heterocycles. The Balaban J connectivity index is 1.92. The van der Waals surface area contributed by atoms with E-state index >= 15 is 0 Å². The van der Waals surface area contributed by atoms with Crippen molar-refractivity contribution in [2.75, 3.05) is 7.11 Å². The molecule has 0 fully saturated rings. The second-order valence-corrected chi connectivity index (χ2v) is 6.01. The minimum absolute atomic E-state index is 0.106. The average molecular weight is 314 g/mol. The first-order valence-electron chi connectivity index (χ1n) is 7.56. The highest BCUT2D eigenvalue weighted by Crippen LogP contribution is 2.50. The van der Waals surface area contributed by atoms with Crippen molar-refractivity contribution in [2.45, 2.75) is 31.2 Å². The fourth-order valence-electron chi connectivity index (χ4n) is 3.86. The quantitative estimate of drug-likeness (QED) is 0.812. The Morgan fingerprint density at radius 3 is 3.04 bits per heavy atom. The monoisotopic (exact) mass is 314 g/mol. The first-order valence-corrected chi connectivity index (χ1v) is 7.56. The van der Waals surface area contributed by atoms with E-state index in [9.17, 15) is 9.90 Å². The smallest absolute Gasteiger partial charge is 0.342 e. The van der Waals surface area contributed by atoms with E-state index in [4.69, 9.17) is 18.6 Å². The van der Waals surface area contributed by atoms with Gasteiger partial charge >= 0.3 is 5.63 Å². The summed E-state index contributed by atoms with van der Waals surface area (Å²) in [4.78, 5) is 12.4. The van der Waals surface area contributed by atoms with Gasteiger partial charge in [0.05, 0.1) is 41.9 Å². The Labute approximate surface area is 130 Å². The number of aryl methyl sites for hydroxylation is 1. The van der Waals surface area contributed by atoms with Crippen LogP contribution in [-0.2, 0) is 11.2 Å². The molecule has 1 aromatic heterocycles. The average Bonchev–Trinajstić information content (AvgIpc) is 3.20. The van der Waals surface area contributed by atoms with Crippen LogP contribution in [0.1, 0.15) is 35.1 Å². The lowest BCUT2D eigenvalue weighted by molar-refractivity contribution is -0.00485. The highest BCUT2D eigenvalue weighted by Gasteiger charge is 2.41. The molecule has 6 nitrogen and oxygen atoms in total. The molecule has 3 heterocycles. The van der Waals surface area contributed by atoms with Gasteiger partial charge in [0.25, 0.3) is 6.29 Å². The van der Waals surface area contributed by atoms with Crippen LogP contribution in [0.25, 0.3) is 11.0 Å². The van der Waals surface area contributed by atoms with Crippen molar-refractivity contribution in [1.82, 2.24) is 0 Å². The number of fused-ring (bicyclic) bond motifs is 7. The summed E-state index contributed by atoms with van der Waals surface area (Å²) in [5.74, 6) is 1.08. The van der Waals surface area contributed by atoms with Gasteiger partial charge in [0.15, 0.2) is 0 Å². The van der Waals surface area contributed by atoms with Crippen molar-refractivity contribution in [3.63, 3.8) is 0 Å². The van der Waals surface area contributed by atoms with E-state index in [1.807, 2.05) is 6.08 Å². The predicted octanol–water partition coefficient (Wildman–Crippen LogP) is 2.13. The van der Waals surface area contributed by atoms with Gasteiger partial charge in [-0.25, -0.2) is 4.79 Å². The van der Waals surface area contributed by atoms with Gasteiger partial charge in [-0.2, -0.15) is 0 Å². The van der Waals surface area contributed by atoms with Gasteiger partial charge in [0, 0.05) is 6.07 Å². The van der Waals surface area contributed by atoms with Crippen LogP contribution in [0.15, 0.2) is 27.6 Å². The number of ether oxygens (including phenoxy) is 3. The maximum Gasteiger partial charge on any atom is 0.342 e. The lowest BCUT2D eigenvalue weighted by Crippen LogP contribution is -2.14. The topological polar surface area (TPSA) is 78.1 Å². The van der Waals surface area contributed by atoms with Gasteiger partial charge < -0.3 is 23.7 Å². The second-order valence-electron chi connectivity index (χ2n) is 6.01. The number of rotatable bonds is 1. The molecular weight excluding hydrogens is 300 g/mol. The molecule has 0 amide bonds. The normalized spacial score (nSPS) is 26.6. The molecule has 6 heteroatoms. The van der Waals surface area contributed by atoms with Crippen LogP contribution >= 0.6 is 0 Å². The molecule has 3 aliphatic rings. The van der Waals surface area contributed by atoms with Crippen LogP contribution in [0.3, 0.4) is 0 Å². The second kappa shape index (κ2) is 4.29. The zero-order valence-corrected chi connectivity index (χ0v) is 12.4. The van der Waals surface area contributed by atoms with Crippen molar-refractivity contribution >= 4 is 11.0 Å². The molecule has 0 saturated heterocycles. The Hall–Kier alpha value is -2.47. The summed E-state index contributed by atoms with van der Waals surface area (Å²) in [5.41, 5.74) is 1.96. The van der Waals surface area contributed by atoms with Crippen molar-refractivity contribution in [3.05, 3.63) is 45.5 Å². The summed E-state index contributed by atoms with van der Waals surface area (Å²) < 4.78 is 22.3. The molecule has 1 N–H and O–H groups in total. The summed E-state index contributed by atoms with van der Waals surface area (Å²) in [6.07, 6.45) is 3.43. The third-order valence-electron chi connectivity index (χ3n) is 4.88. The van der Waals surface area contributed by atoms with Crippen LogP contribution in [0.5, 0.6) is 11.5 Å². The van der Waals surface area contributed by atoms with Crippen LogP contribution in [0, 0.1) is 0 Å². The molecular formula is C17H14O6.